The van der Waals surface area contributed by atoms with Crippen LogP contribution in [-0.4, -0.2) is 20.9 Å². The third-order valence-electron chi connectivity index (χ3n) is 4.77. The predicted molar refractivity (Wildman–Crippen MR) is 94.5 cm³/mol. The second-order valence-corrected chi connectivity index (χ2v) is 6.39. The van der Waals surface area contributed by atoms with Gasteiger partial charge in [0.25, 0.3) is 0 Å². The van der Waals surface area contributed by atoms with Gasteiger partial charge in [-0.1, -0.05) is 25.0 Å². The van der Waals surface area contributed by atoms with Crippen LogP contribution in [0.15, 0.2) is 42.6 Å². The van der Waals surface area contributed by atoms with E-state index in [-0.39, 0.29) is 5.91 Å². The third kappa shape index (κ3) is 2.74. The summed E-state index contributed by atoms with van der Waals surface area (Å²) in [6.07, 6.45) is 4.73. The van der Waals surface area contributed by atoms with E-state index in [4.69, 9.17) is 0 Å². The van der Waals surface area contributed by atoms with Crippen molar-refractivity contribution in [3.05, 3.63) is 42.6 Å². The Labute approximate surface area is 144 Å². The summed E-state index contributed by atoms with van der Waals surface area (Å²) in [5.41, 5.74) is 1.79. The van der Waals surface area contributed by atoms with E-state index in [9.17, 15) is 10.1 Å². The number of pyridine rings is 1. The van der Waals surface area contributed by atoms with E-state index in [1.807, 2.05) is 30.3 Å². The number of fused-ring (bicyclic) bond motifs is 1. The van der Waals surface area contributed by atoms with Crippen molar-refractivity contribution in [1.82, 2.24) is 15.0 Å². The summed E-state index contributed by atoms with van der Waals surface area (Å²) < 4.78 is 0. The van der Waals surface area contributed by atoms with Crippen LogP contribution in [0.2, 0.25) is 0 Å². The number of amides is 1. The van der Waals surface area contributed by atoms with Crippen LogP contribution in [0.5, 0.6) is 0 Å². The van der Waals surface area contributed by atoms with Crippen LogP contribution >= 0.6 is 0 Å². The Morgan fingerprint density at radius 2 is 2.00 bits per heavy atom. The second-order valence-electron chi connectivity index (χ2n) is 6.39. The van der Waals surface area contributed by atoms with E-state index in [0.29, 0.717) is 18.7 Å². The molecule has 0 radical (unpaired) electrons. The Hall–Kier alpha value is -3.20. The molecule has 0 spiro atoms. The minimum atomic E-state index is -0.904. The highest BCUT2D eigenvalue weighted by atomic mass is 16.2. The molecule has 124 valence electrons. The van der Waals surface area contributed by atoms with Crippen LogP contribution in [0.1, 0.15) is 25.7 Å². The molecule has 1 aliphatic carbocycles. The Balaban J connectivity index is 1.54. The van der Waals surface area contributed by atoms with Crippen LogP contribution in [0.3, 0.4) is 0 Å². The zero-order valence-electron chi connectivity index (χ0n) is 13.6. The lowest BCUT2D eigenvalue weighted by Crippen LogP contribution is -2.32. The highest BCUT2D eigenvalue weighted by molar-refractivity contribution is 5.96. The number of carbonyl (C=O) groups is 1. The Bertz CT molecular complexity index is 928. The molecule has 2 heterocycles. The lowest BCUT2D eigenvalue weighted by Gasteiger charge is -2.18. The van der Waals surface area contributed by atoms with Crippen LogP contribution in [0.4, 0.5) is 5.82 Å². The number of nitrogens with zero attached hydrogens (tertiary/aromatic N) is 3. The lowest BCUT2D eigenvalue weighted by molar-refractivity contribution is -0.122. The fraction of sp³-hybridized carbons (Fsp3) is 0.263. The number of aromatic amines is 1. The topological polar surface area (TPSA) is 94.5 Å². The van der Waals surface area contributed by atoms with E-state index in [2.05, 4.69) is 26.3 Å². The Morgan fingerprint density at radius 1 is 1.20 bits per heavy atom. The van der Waals surface area contributed by atoms with Gasteiger partial charge in [-0.15, -0.1) is 0 Å². The molecule has 1 saturated carbocycles. The highest BCUT2D eigenvalue weighted by Crippen LogP contribution is 2.38. The highest BCUT2D eigenvalue weighted by Gasteiger charge is 2.41. The predicted octanol–water partition coefficient (Wildman–Crippen LogP) is 3.65. The van der Waals surface area contributed by atoms with Crippen LogP contribution in [-0.2, 0) is 4.79 Å². The standard InChI is InChI=1S/C19H17N5O/c20-12-19(9-3-4-10-19)18(25)24-16-8-7-13(11-21-16)17-22-14-5-1-2-6-15(14)23-17/h1-2,5-8,11H,3-4,9-10H2,(H,22,23)(H,21,24,25). The van der Waals surface area contributed by atoms with E-state index in [1.165, 1.54) is 0 Å². The van der Waals surface area contributed by atoms with E-state index in [0.717, 1.165) is 35.3 Å². The smallest absolute Gasteiger partial charge is 0.246 e. The van der Waals surface area contributed by atoms with E-state index in [1.54, 1.807) is 12.3 Å². The van der Waals surface area contributed by atoms with Gasteiger partial charge in [-0.3, -0.25) is 4.79 Å². The molecule has 0 atom stereocenters. The minimum Gasteiger partial charge on any atom is -0.338 e. The molecule has 2 N–H and O–H groups in total. The summed E-state index contributed by atoms with van der Waals surface area (Å²) in [6, 6.07) is 13.6. The summed E-state index contributed by atoms with van der Waals surface area (Å²) in [5.74, 6) is 0.929. The molecule has 3 aromatic rings. The molecule has 4 rings (SSSR count). The van der Waals surface area contributed by atoms with Gasteiger partial charge in [0, 0.05) is 11.8 Å². The molecule has 0 bridgehead atoms. The first-order chi connectivity index (χ1) is 12.2. The van der Waals surface area contributed by atoms with Gasteiger partial charge in [-0.05, 0) is 37.1 Å². The van der Waals surface area contributed by atoms with Gasteiger partial charge in [-0.2, -0.15) is 5.26 Å². The summed E-state index contributed by atoms with van der Waals surface area (Å²) in [6.45, 7) is 0. The zero-order chi connectivity index (χ0) is 17.3. The molecule has 1 fully saturated rings. The van der Waals surface area contributed by atoms with Gasteiger partial charge in [-0.25, -0.2) is 9.97 Å². The van der Waals surface area contributed by atoms with Crippen molar-refractivity contribution in [1.29, 1.82) is 5.26 Å². The number of hydrogen-bond donors (Lipinski definition) is 2. The Morgan fingerprint density at radius 3 is 2.68 bits per heavy atom. The van der Waals surface area contributed by atoms with Crippen molar-refractivity contribution in [3.63, 3.8) is 0 Å². The molecule has 0 unspecified atom stereocenters. The summed E-state index contributed by atoms with van der Waals surface area (Å²) >= 11 is 0. The molecule has 2 aromatic heterocycles. The molecular formula is C19H17N5O. The maximum Gasteiger partial charge on any atom is 0.246 e. The van der Waals surface area contributed by atoms with Gasteiger partial charge in [0.2, 0.25) is 5.91 Å². The first-order valence-electron chi connectivity index (χ1n) is 8.34. The Kier molecular flexibility index (Phi) is 3.69. The van der Waals surface area contributed by atoms with Gasteiger partial charge in [0.1, 0.15) is 17.1 Å². The number of nitrogens with one attached hydrogen (secondary N) is 2. The normalized spacial score (nSPS) is 15.8. The molecule has 25 heavy (non-hydrogen) atoms. The fourth-order valence-electron chi connectivity index (χ4n) is 3.30. The van der Waals surface area contributed by atoms with Crippen molar-refractivity contribution in [2.24, 2.45) is 5.41 Å². The van der Waals surface area contributed by atoms with Crippen LogP contribution in [0.25, 0.3) is 22.4 Å². The molecule has 0 aliphatic heterocycles. The van der Waals surface area contributed by atoms with Crippen molar-refractivity contribution < 1.29 is 4.79 Å². The molecule has 1 aliphatic rings. The molecule has 1 aromatic carbocycles. The van der Waals surface area contributed by atoms with Crippen LogP contribution in [0, 0.1) is 16.7 Å². The molecule has 1 amide bonds. The zero-order valence-corrected chi connectivity index (χ0v) is 13.6. The number of benzene rings is 1. The number of carbonyl (C=O) groups excluding carboxylic acids is 1. The number of aromatic nitrogens is 3. The lowest BCUT2D eigenvalue weighted by atomic mass is 9.87. The number of nitriles is 1. The van der Waals surface area contributed by atoms with Gasteiger partial charge < -0.3 is 10.3 Å². The second kappa shape index (κ2) is 6.02. The first kappa shape index (κ1) is 15.3. The van der Waals surface area contributed by atoms with E-state index < -0.39 is 5.41 Å². The SMILES string of the molecule is N#CC1(C(=O)Nc2ccc(-c3nc4ccccc4[nH]3)cn2)CCCC1. The fourth-order valence-corrected chi connectivity index (χ4v) is 3.30. The first-order valence-corrected chi connectivity index (χ1v) is 8.34. The molecule has 6 heteroatoms. The molecule has 6 nitrogen and oxygen atoms in total. The minimum absolute atomic E-state index is 0.253. The summed E-state index contributed by atoms with van der Waals surface area (Å²) in [7, 11) is 0. The largest absolute Gasteiger partial charge is 0.338 e. The quantitative estimate of drug-likeness (QED) is 0.766. The molecular weight excluding hydrogens is 314 g/mol. The monoisotopic (exact) mass is 331 g/mol. The van der Waals surface area contributed by atoms with Crippen molar-refractivity contribution in [3.8, 4) is 17.5 Å². The number of rotatable bonds is 3. The summed E-state index contributed by atoms with van der Waals surface area (Å²) in [5, 5.41) is 12.2. The number of H-pyrrole nitrogens is 1. The number of hydrogen-bond acceptors (Lipinski definition) is 4. The average molecular weight is 331 g/mol. The maximum atomic E-state index is 12.4. The van der Waals surface area contributed by atoms with Gasteiger partial charge in [0.05, 0.1) is 17.1 Å². The average Bonchev–Trinajstić information content (AvgIpc) is 3.30. The third-order valence-corrected chi connectivity index (χ3v) is 4.77. The maximum absolute atomic E-state index is 12.4. The van der Waals surface area contributed by atoms with Crippen molar-refractivity contribution >= 4 is 22.8 Å². The van der Waals surface area contributed by atoms with Gasteiger partial charge in [0.15, 0.2) is 0 Å². The number of anilines is 1. The van der Waals surface area contributed by atoms with Crippen molar-refractivity contribution in [2.75, 3.05) is 5.32 Å². The van der Waals surface area contributed by atoms with Crippen molar-refractivity contribution in [2.45, 2.75) is 25.7 Å². The number of para-hydroxylation sites is 2. The molecule has 0 saturated heterocycles. The van der Waals surface area contributed by atoms with Gasteiger partial charge >= 0.3 is 0 Å². The van der Waals surface area contributed by atoms with Crippen LogP contribution < -0.4 is 5.32 Å². The number of imidazole rings is 1. The van der Waals surface area contributed by atoms with E-state index >= 15 is 0 Å². The summed E-state index contributed by atoms with van der Waals surface area (Å²) in [4.78, 5) is 24.5.